The first kappa shape index (κ1) is 14.4. The van der Waals surface area contributed by atoms with Gasteiger partial charge in [0, 0.05) is 17.6 Å². The second kappa shape index (κ2) is 5.49. The number of amides is 1. The lowest BCUT2D eigenvalue weighted by atomic mass is 10.0. The van der Waals surface area contributed by atoms with Crippen LogP contribution in [0.5, 0.6) is 0 Å². The second-order valence-corrected chi connectivity index (χ2v) is 5.76. The highest BCUT2D eigenvalue weighted by molar-refractivity contribution is 6.01. The quantitative estimate of drug-likeness (QED) is 0.801. The topological polar surface area (TPSA) is 83.6 Å². The lowest BCUT2D eigenvalue weighted by Crippen LogP contribution is -2.32. The van der Waals surface area contributed by atoms with Crippen LogP contribution in [0.2, 0.25) is 0 Å². The minimum absolute atomic E-state index is 0.0671. The van der Waals surface area contributed by atoms with Gasteiger partial charge < -0.3 is 14.5 Å². The Balaban J connectivity index is 1.65. The monoisotopic (exact) mass is 322 g/mol. The van der Waals surface area contributed by atoms with E-state index >= 15 is 0 Å². The van der Waals surface area contributed by atoms with Crippen LogP contribution in [0.25, 0.3) is 11.0 Å². The summed E-state index contributed by atoms with van der Waals surface area (Å²) in [5.41, 5.74) is 2.52. The number of benzene rings is 2. The number of aliphatic carboxylic acids is 1. The maximum absolute atomic E-state index is 12.7. The first-order valence-corrected chi connectivity index (χ1v) is 7.60. The summed E-state index contributed by atoms with van der Waals surface area (Å²) in [6.45, 7) is 0.142. The van der Waals surface area contributed by atoms with Crippen LogP contribution in [0.3, 0.4) is 0 Å². The molecule has 0 fully saturated rings. The van der Waals surface area contributed by atoms with Crippen molar-refractivity contribution in [3.05, 3.63) is 59.8 Å². The largest absolute Gasteiger partial charge is 0.481 e. The number of aromatic nitrogens is 1. The molecule has 3 aromatic rings. The number of para-hydroxylation sites is 2. The molecule has 6 heteroatoms. The standard InChI is InChI=1S/C18H14N2O4/c21-17(9-14-12-6-2-4-8-16(12)24-19-14)20-10-13(18(22)23)11-5-1-3-7-15(11)20/h1-8,13H,9-10H2,(H,22,23)/t13-/m0/s1. The van der Waals surface area contributed by atoms with Crippen molar-refractivity contribution in [1.82, 2.24) is 5.16 Å². The predicted octanol–water partition coefficient (Wildman–Crippen LogP) is 2.59. The third-order valence-electron chi connectivity index (χ3n) is 4.34. The van der Waals surface area contributed by atoms with E-state index in [0.717, 1.165) is 5.39 Å². The van der Waals surface area contributed by atoms with Crippen molar-refractivity contribution in [1.29, 1.82) is 0 Å². The number of carbonyl (C=O) groups is 2. The fourth-order valence-corrected chi connectivity index (χ4v) is 3.16. The van der Waals surface area contributed by atoms with E-state index in [4.69, 9.17) is 4.52 Å². The van der Waals surface area contributed by atoms with Crippen molar-refractivity contribution in [3.8, 4) is 0 Å². The molecule has 0 bridgehead atoms. The smallest absolute Gasteiger partial charge is 0.312 e. The van der Waals surface area contributed by atoms with Gasteiger partial charge in [0.25, 0.3) is 0 Å². The van der Waals surface area contributed by atoms with Crippen LogP contribution in [-0.2, 0) is 16.0 Å². The van der Waals surface area contributed by atoms with Gasteiger partial charge in [0.1, 0.15) is 11.6 Å². The highest BCUT2D eigenvalue weighted by Crippen LogP contribution is 2.36. The molecule has 0 radical (unpaired) electrons. The Morgan fingerprint density at radius 3 is 2.75 bits per heavy atom. The van der Waals surface area contributed by atoms with Crippen LogP contribution in [0.4, 0.5) is 5.69 Å². The number of hydrogen-bond donors (Lipinski definition) is 1. The lowest BCUT2D eigenvalue weighted by Gasteiger charge is -2.16. The first-order chi connectivity index (χ1) is 11.6. The predicted molar refractivity (Wildman–Crippen MR) is 86.9 cm³/mol. The Morgan fingerprint density at radius 1 is 1.17 bits per heavy atom. The van der Waals surface area contributed by atoms with E-state index in [1.807, 2.05) is 18.2 Å². The molecule has 0 spiro atoms. The fourth-order valence-electron chi connectivity index (χ4n) is 3.16. The number of rotatable bonds is 3. The molecular weight excluding hydrogens is 308 g/mol. The van der Waals surface area contributed by atoms with Gasteiger partial charge in [-0.15, -0.1) is 0 Å². The molecule has 4 rings (SSSR count). The first-order valence-electron chi connectivity index (χ1n) is 7.60. The third kappa shape index (κ3) is 2.23. The SMILES string of the molecule is O=C(O)[C@H]1CN(C(=O)Cc2noc3ccccc23)c2ccccc21. The van der Waals surface area contributed by atoms with Gasteiger partial charge in [-0.1, -0.05) is 35.5 Å². The van der Waals surface area contributed by atoms with E-state index in [-0.39, 0.29) is 18.9 Å². The van der Waals surface area contributed by atoms with Crippen LogP contribution in [0, 0.1) is 0 Å². The molecule has 6 nitrogen and oxygen atoms in total. The third-order valence-corrected chi connectivity index (χ3v) is 4.34. The molecule has 2 heterocycles. The highest BCUT2D eigenvalue weighted by atomic mass is 16.5. The summed E-state index contributed by atoms with van der Waals surface area (Å²) in [5.74, 6) is -1.81. The zero-order chi connectivity index (χ0) is 16.7. The van der Waals surface area contributed by atoms with Crippen molar-refractivity contribution in [2.24, 2.45) is 0 Å². The van der Waals surface area contributed by atoms with Gasteiger partial charge in [-0.05, 0) is 23.8 Å². The molecule has 1 aliphatic rings. The molecule has 1 amide bonds. The average molecular weight is 322 g/mol. The Kier molecular flexibility index (Phi) is 3.30. The van der Waals surface area contributed by atoms with Gasteiger partial charge in [-0.3, -0.25) is 9.59 Å². The Hall–Kier alpha value is -3.15. The van der Waals surface area contributed by atoms with Crippen molar-refractivity contribution in [2.45, 2.75) is 12.3 Å². The average Bonchev–Trinajstić information content (AvgIpc) is 3.17. The Morgan fingerprint density at radius 2 is 1.92 bits per heavy atom. The number of carboxylic acids is 1. The van der Waals surface area contributed by atoms with E-state index in [1.165, 1.54) is 4.90 Å². The summed E-state index contributed by atoms with van der Waals surface area (Å²) in [7, 11) is 0. The minimum Gasteiger partial charge on any atom is -0.481 e. The summed E-state index contributed by atoms with van der Waals surface area (Å²) >= 11 is 0. The van der Waals surface area contributed by atoms with Crippen molar-refractivity contribution in [2.75, 3.05) is 11.4 Å². The molecule has 1 atom stereocenters. The summed E-state index contributed by atoms with van der Waals surface area (Å²) < 4.78 is 5.23. The van der Waals surface area contributed by atoms with E-state index < -0.39 is 11.9 Å². The van der Waals surface area contributed by atoms with E-state index in [1.54, 1.807) is 30.3 Å². The molecule has 2 aromatic carbocycles. The number of anilines is 1. The van der Waals surface area contributed by atoms with Gasteiger partial charge in [-0.2, -0.15) is 0 Å². The summed E-state index contributed by atoms with van der Waals surface area (Å²) in [6.07, 6.45) is 0.0671. The minimum atomic E-state index is -0.926. The number of hydrogen-bond acceptors (Lipinski definition) is 4. The molecule has 120 valence electrons. The number of carbonyl (C=O) groups excluding carboxylic acids is 1. The molecule has 0 unspecified atom stereocenters. The molecule has 0 aliphatic carbocycles. The van der Waals surface area contributed by atoms with Gasteiger partial charge in [0.2, 0.25) is 5.91 Å². The van der Waals surface area contributed by atoms with Crippen LogP contribution in [0.1, 0.15) is 17.2 Å². The molecular formula is C18H14N2O4. The molecule has 1 N–H and O–H groups in total. The molecule has 0 saturated carbocycles. The molecule has 0 saturated heterocycles. The van der Waals surface area contributed by atoms with Gasteiger partial charge in [0.05, 0.1) is 6.42 Å². The van der Waals surface area contributed by atoms with Gasteiger partial charge in [0.15, 0.2) is 5.58 Å². The van der Waals surface area contributed by atoms with Crippen LogP contribution >= 0.6 is 0 Å². The Labute approximate surface area is 137 Å². The van der Waals surface area contributed by atoms with E-state index in [9.17, 15) is 14.7 Å². The Bertz CT molecular complexity index is 947. The van der Waals surface area contributed by atoms with E-state index in [2.05, 4.69) is 5.16 Å². The fraction of sp³-hybridized carbons (Fsp3) is 0.167. The van der Waals surface area contributed by atoms with Gasteiger partial charge in [-0.25, -0.2) is 0 Å². The summed E-state index contributed by atoms with van der Waals surface area (Å²) in [5, 5.41) is 14.2. The van der Waals surface area contributed by atoms with Crippen LogP contribution < -0.4 is 4.90 Å². The van der Waals surface area contributed by atoms with E-state index in [0.29, 0.717) is 22.5 Å². The second-order valence-electron chi connectivity index (χ2n) is 5.76. The lowest BCUT2D eigenvalue weighted by molar-refractivity contribution is -0.138. The zero-order valence-corrected chi connectivity index (χ0v) is 12.7. The van der Waals surface area contributed by atoms with Crippen molar-refractivity contribution < 1.29 is 19.2 Å². The number of carboxylic acid groups (broad SMARTS) is 1. The number of fused-ring (bicyclic) bond motifs is 2. The number of nitrogens with zero attached hydrogens (tertiary/aromatic N) is 2. The van der Waals surface area contributed by atoms with Crippen LogP contribution in [-0.4, -0.2) is 28.7 Å². The zero-order valence-electron chi connectivity index (χ0n) is 12.7. The maximum Gasteiger partial charge on any atom is 0.312 e. The molecule has 1 aliphatic heterocycles. The summed E-state index contributed by atoms with van der Waals surface area (Å²) in [4.78, 5) is 25.7. The van der Waals surface area contributed by atoms with Gasteiger partial charge >= 0.3 is 5.97 Å². The van der Waals surface area contributed by atoms with Crippen LogP contribution in [0.15, 0.2) is 53.1 Å². The normalized spacial score (nSPS) is 16.3. The molecule has 1 aromatic heterocycles. The highest BCUT2D eigenvalue weighted by Gasteiger charge is 2.36. The van der Waals surface area contributed by atoms with Crippen molar-refractivity contribution >= 4 is 28.5 Å². The summed E-state index contributed by atoms with van der Waals surface area (Å²) in [6, 6.07) is 14.5. The molecule has 24 heavy (non-hydrogen) atoms. The van der Waals surface area contributed by atoms with Crippen molar-refractivity contribution in [3.63, 3.8) is 0 Å². The maximum atomic E-state index is 12.7.